The van der Waals surface area contributed by atoms with Crippen LogP contribution in [0.25, 0.3) is 0 Å². The molecular weight excluding hydrogens is 336 g/mol. The molecule has 18 heavy (non-hydrogen) atoms. The van der Waals surface area contributed by atoms with E-state index in [4.69, 9.17) is 4.74 Å². The molecule has 2 aromatic heterocycles. The van der Waals surface area contributed by atoms with E-state index in [1.54, 1.807) is 30.7 Å². The van der Waals surface area contributed by atoms with Crippen molar-refractivity contribution >= 4 is 44.5 Å². The van der Waals surface area contributed by atoms with Gasteiger partial charge in [-0.05, 0) is 22.9 Å². The van der Waals surface area contributed by atoms with Crippen molar-refractivity contribution in [2.45, 2.75) is 13.5 Å². The Hall–Kier alpha value is -0.920. The fourth-order valence-electron chi connectivity index (χ4n) is 1.34. The molecule has 0 atom stereocenters. The third kappa shape index (κ3) is 3.09. The van der Waals surface area contributed by atoms with E-state index >= 15 is 0 Å². The third-order valence-corrected chi connectivity index (χ3v) is 4.88. The second kappa shape index (κ2) is 5.81. The summed E-state index contributed by atoms with van der Waals surface area (Å²) < 4.78 is 5.94. The zero-order valence-corrected chi connectivity index (χ0v) is 13.0. The molecule has 0 unspecified atom stereocenters. The number of aromatic nitrogens is 1. The second-order valence-electron chi connectivity index (χ2n) is 3.48. The number of carbonyl (C=O) groups is 1. The molecule has 0 saturated carbocycles. The van der Waals surface area contributed by atoms with Crippen LogP contribution in [0.2, 0.25) is 0 Å². The van der Waals surface area contributed by atoms with Crippen LogP contribution in [0.15, 0.2) is 16.0 Å². The Morgan fingerprint density at radius 2 is 2.33 bits per heavy atom. The van der Waals surface area contributed by atoms with Gasteiger partial charge in [0.15, 0.2) is 0 Å². The van der Waals surface area contributed by atoms with E-state index in [0.29, 0.717) is 17.2 Å². The van der Waals surface area contributed by atoms with Gasteiger partial charge >= 0.3 is 0 Å². The highest BCUT2D eigenvalue weighted by Crippen LogP contribution is 2.34. The lowest BCUT2D eigenvalue weighted by atomic mass is 10.4. The number of hydrogen-bond acceptors (Lipinski definition) is 5. The quantitative estimate of drug-likeness (QED) is 0.924. The lowest BCUT2D eigenvalue weighted by Crippen LogP contribution is -2.21. The van der Waals surface area contributed by atoms with Gasteiger partial charge in [-0.25, -0.2) is 4.98 Å². The van der Waals surface area contributed by atoms with Crippen LogP contribution < -0.4 is 10.1 Å². The van der Waals surface area contributed by atoms with E-state index in [1.165, 1.54) is 11.3 Å². The molecule has 2 rings (SSSR count). The molecule has 2 aromatic rings. The molecule has 2 heterocycles. The molecule has 1 amide bonds. The third-order valence-electron chi connectivity index (χ3n) is 2.19. The van der Waals surface area contributed by atoms with Gasteiger partial charge in [0.05, 0.1) is 23.5 Å². The average molecular weight is 347 g/mol. The van der Waals surface area contributed by atoms with Crippen molar-refractivity contribution < 1.29 is 9.53 Å². The normalized spacial score (nSPS) is 10.4. The summed E-state index contributed by atoms with van der Waals surface area (Å²) >= 11 is 6.29. The fraction of sp³-hybridized carbons (Fsp3) is 0.273. The van der Waals surface area contributed by atoms with Crippen LogP contribution in [-0.2, 0) is 6.54 Å². The first-order valence-corrected chi connectivity index (χ1v) is 7.55. The van der Waals surface area contributed by atoms with Crippen molar-refractivity contribution in [1.29, 1.82) is 0 Å². The van der Waals surface area contributed by atoms with Crippen molar-refractivity contribution in [2.24, 2.45) is 0 Å². The van der Waals surface area contributed by atoms with Gasteiger partial charge in [0.1, 0.15) is 9.54 Å². The number of nitrogens with zero attached hydrogens (tertiary/aromatic N) is 1. The van der Waals surface area contributed by atoms with E-state index < -0.39 is 0 Å². The first kappa shape index (κ1) is 13.5. The Kier molecular flexibility index (Phi) is 4.36. The van der Waals surface area contributed by atoms with Crippen LogP contribution in [0.5, 0.6) is 5.75 Å². The highest BCUT2D eigenvalue weighted by atomic mass is 79.9. The molecule has 0 aromatic carbocycles. The highest BCUT2D eigenvalue weighted by molar-refractivity contribution is 9.11. The van der Waals surface area contributed by atoms with Crippen LogP contribution in [0, 0.1) is 6.92 Å². The van der Waals surface area contributed by atoms with Gasteiger partial charge in [0.2, 0.25) is 0 Å². The summed E-state index contributed by atoms with van der Waals surface area (Å²) in [7, 11) is 1.58. The minimum Gasteiger partial charge on any atom is -0.495 e. The molecule has 0 fully saturated rings. The Balaban J connectivity index is 1.99. The van der Waals surface area contributed by atoms with Gasteiger partial charge in [-0.3, -0.25) is 4.79 Å². The largest absolute Gasteiger partial charge is 0.495 e. The molecule has 0 bridgehead atoms. The smallest absolute Gasteiger partial charge is 0.261 e. The van der Waals surface area contributed by atoms with Crippen LogP contribution in [0.4, 0.5) is 0 Å². The summed E-state index contributed by atoms with van der Waals surface area (Å²) in [6, 6.07) is 1.72. The van der Waals surface area contributed by atoms with E-state index in [-0.39, 0.29) is 5.91 Å². The lowest BCUT2D eigenvalue weighted by Gasteiger charge is -1.99. The zero-order chi connectivity index (χ0) is 13.1. The number of ether oxygens (including phenoxy) is 1. The van der Waals surface area contributed by atoms with Gasteiger partial charge in [-0.2, -0.15) is 0 Å². The molecule has 1 N–H and O–H groups in total. The Bertz CT molecular complexity index is 565. The summed E-state index contributed by atoms with van der Waals surface area (Å²) in [5.41, 5.74) is 0. The molecule has 7 heteroatoms. The molecule has 0 aliphatic rings. The monoisotopic (exact) mass is 346 g/mol. The molecule has 0 spiro atoms. The Morgan fingerprint density at radius 3 is 2.89 bits per heavy atom. The van der Waals surface area contributed by atoms with Crippen molar-refractivity contribution in [3.8, 4) is 5.75 Å². The number of thiophene rings is 1. The van der Waals surface area contributed by atoms with Gasteiger partial charge in [0.25, 0.3) is 5.91 Å². The van der Waals surface area contributed by atoms with Crippen LogP contribution in [-0.4, -0.2) is 18.0 Å². The number of rotatable bonds is 4. The van der Waals surface area contributed by atoms with Crippen LogP contribution >= 0.6 is 38.6 Å². The van der Waals surface area contributed by atoms with Crippen molar-refractivity contribution in [2.75, 3.05) is 7.11 Å². The topological polar surface area (TPSA) is 51.2 Å². The number of hydrogen-bond donors (Lipinski definition) is 1. The number of thiazole rings is 1. The van der Waals surface area contributed by atoms with Crippen molar-refractivity contribution in [3.05, 3.63) is 30.8 Å². The summed E-state index contributed by atoms with van der Waals surface area (Å²) in [6.45, 7) is 2.44. The first-order valence-electron chi connectivity index (χ1n) is 5.13. The average Bonchev–Trinajstić information content (AvgIpc) is 2.92. The highest BCUT2D eigenvalue weighted by Gasteiger charge is 2.13. The molecular formula is C11H11BrN2O2S2. The molecule has 4 nitrogen and oxygen atoms in total. The number of amides is 1. The molecule has 0 aliphatic carbocycles. The van der Waals surface area contributed by atoms with Gasteiger partial charge in [0, 0.05) is 17.1 Å². The number of carbonyl (C=O) groups excluding carboxylic acids is 1. The number of halogens is 1. The predicted octanol–water partition coefficient (Wildman–Crippen LogP) is 3.21. The van der Waals surface area contributed by atoms with E-state index in [9.17, 15) is 4.79 Å². The van der Waals surface area contributed by atoms with Crippen molar-refractivity contribution in [3.63, 3.8) is 0 Å². The maximum absolute atomic E-state index is 11.9. The van der Waals surface area contributed by atoms with Gasteiger partial charge in [-0.1, -0.05) is 0 Å². The van der Waals surface area contributed by atoms with Gasteiger partial charge < -0.3 is 10.1 Å². The standard InChI is InChI=1S/C11H11BrN2O2S2/c1-6-13-4-7(17-6)5-14-11(15)9-3-8(16-2)10(12)18-9/h3-4H,5H2,1-2H3,(H,14,15). The second-order valence-corrected chi connectivity index (χ2v) is 7.17. The van der Waals surface area contributed by atoms with Crippen molar-refractivity contribution in [1.82, 2.24) is 10.3 Å². The van der Waals surface area contributed by atoms with E-state index in [1.807, 2.05) is 6.92 Å². The molecule has 96 valence electrons. The Morgan fingerprint density at radius 1 is 1.56 bits per heavy atom. The Labute approximate surface area is 121 Å². The van der Waals surface area contributed by atoms with Crippen LogP contribution in [0.3, 0.4) is 0 Å². The lowest BCUT2D eigenvalue weighted by molar-refractivity contribution is 0.0955. The fourth-order valence-corrected chi connectivity index (χ4v) is 3.65. The SMILES string of the molecule is COc1cc(C(=O)NCc2cnc(C)s2)sc1Br. The molecule has 0 radical (unpaired) electrons. The minimum atomic E-state index is -0.102. The summed E-state index contributed by atoms with van der Waals surface area (Å²) in [5, 5.41) is 3.86. The molecule has 0 aliphatic heterocycles. The number of methoxy groups -OCH3 is 1. The summed E-state index contributed by atoms with van der Waals surface area (Å²) in [4.78, 5) is 17.7. The maximum atomic E-state index is 11.9. The van der Waals surface area contributed by atoms with Crippen LogP contribution in [0.1, 0.15) is 19.6 Å². The predicted molar refractivity (Wildman–Crippen MR) is 76.6 cm³/mol. The number of aryl methyl sites for hydroxylation is 1. The van der Waals surface area contributed by atoms with E-state index in [0.717, 1.165) is 13.7 Å². The van der Waals surface area contributed by atoms with E-state index in [2.05, 4.69) is 26.2 Å². The first-order chi connectivity index (χ1) is 8.60. The number of nitrogens with one attached hydrogen (secondary N) is 1. The summed E-state index contributed by atoms with van der Waals surface area (Å²) in [6.07, 6.45) is 1.78. The zero-order valence-electron chi connectivity index (χ0n) is 9.82. The maximum Gasteiger partial charge on any atom is 0.261 e. The minimum absolute atomic E-state index is 0.102. The summed E-state index contributed by atoms with van der Waals surface area (Å²) in [5.74, 6) is 0.578. The molecule has 0 saturated heterocycles. The van der Waals surface area contributed by atoms with Gasteiger partial charge in [-0.15, -0.1) is 22.7 Å².